The first kappa shape index (κ1) is 11.1. The zero-order chi connectivity index (χ0) is 11.4. The van der Waals surface area contributed by atoms with E-state index in [1.807, 2.05) is 0 Å². The molecule has 1 heterocycles. The van der Waals surface area contributed by atoms with Gasteiger partial charge in [0.2, 0.25) is 0 Å². The van der Waals surface area contributed by atoms with Gasteiger partial charge in [-0.15, -0.1) is 11.3 Å². The van der Waals surface area contributed by atoms with Gasteiger partial charge < -0.3 is 9.84 Å². The Labute approximate surface area is 97.3 Å². The van der Waals surface area contributed by atoms with E-state index in [1.54, 1.807) is 11.3 Å². The van der Waals surface area contributed by atoms with Crippen molar-refractivity contribution in [2.24, 2.45) is 0 Å². The average molecular weight is 236 g/mol. The van der Waals surface area contributed by atoms with Gasteiger partial charge in [0.15, 0.2) is 0 Å². The Bertz CT molecular complexity index is 490. The number of carboxylic acids is 1. The van der Waals surface area contributed by atoms with Crippen LogP contribution in [0.4, 0.5) is 0 Å². The van der Waals surface area contributed by atoms with Crippen LogP contribution >= 0.6 is 11.3 Å². The van der Waals surface area contributed by atoms with Crippen molar-refractivity contribution >= 4 is 27.4 Å². The maximum absolute atomic E-state index is 10.2. The van der Waals surface area contributed by atoms with E-state index >= 15 is 0 Å². The third kappa shape index (κ3) is 2.81. The lowest BCUT2D eigenvalue weighted by atomic mass is 10.1. The quantitative estimate of drug-likeness (QED) is 0.811. The third-order valence-electron chi connectivity index (χ3n) is 2.28. The Morgan fingerprint density at radius 1 is 1.38 bits per heavy atom. The minimum absolute atomic E-state index is 0.221. The fraction of sp³-hybridized carbons (Fsp3) is 0.250. The minimum atomic E-state index is -0.922. The van der Waals surface area contributed by atoms with Crippen LogP contribution in [0.2, 0.25) is 0 Å². The molecule has 0 amide bonds. The monoisotopic (exact) mass is 236 g/mol. The average Bonchev–Trinajstić information content (AvgIpc) is 2.71. The van der Waals surface area contributed by atoms with Gasteiger partial charge in [0.25, 0.3) is 0 Å². The van der Waals surface area contributed by atoms with Gasteiger partial charge in [0, 0.05) is 4.70 Å². The molecule has 0 aliphatic carbocycles. The molecule has 0 bridgehead atoms. The van der Waals surface area contributed by atoms with Crippen molar-refractivity contribution in [1.82, 2.24) is 0 Å². The number of carboxylic acid groups (broad SMARTS) is 1. The highest BCUT2D eigenvalue weighted by Gasteiger charge is 1.99. The number of fused-ring (bicyclic) bond motifs is 1. The SMILES string of the molecule is O=C(O)COCCc1ccc2ccsc2c1. The van der Waals surface area contributed by atoms with E-state index in [1.165, 1.54) is 15.6 Å². The van der Waals surface area contributed by atoms with Crippen molar-refractivity contribution in [1.29, 1.82) is 0 Å². The van der Waals surface area contributed by atoms with Gasteiger partial charge in [-0.05, 0) is 34.9 Å². The summed E-state index contributed by atoms with van der Waals surface area (Å²) in [4.78, 5) is 10.2. The predicted octanol–water partition coefficient (Wildman–Crippen LogP) is 2.55. The predicted molar refractivity (Wildman–Crippen MR) is 64.0 cm³/mol. The van der Waals surface area contributed by atoms with E-state index in [-0.39, 0.29) is 6.61 Å². The van der Waals surface area contributed by atoms with Crippen LogP contribution in [0.25, 0.3) is 10.1 Å². The lowest BCUT2D eigenvalue weighted by Crippen LogP contribution is -2.08. The summed E-state index contributed by atoms with van der Waals surface area (Å²) in [6.07, 6.45) is 0.751. The molecule has 0 atom stereocenters. The van der Waals surface area contributed by atoms with Gasteiger partial charge >= 0.3 is 5.97 Å². The van der Waals surface area contributed by atoms with Crippen molar-refractivity contribution < 1.29 is 14.6 Å². The summed E-state index contributed by atoms with van der Waals surface area (Å²) in [6.45, 7) is 0.227. The molecule has 2 rings (SSSR count). The number of hydrogen-bond donors (Lipinski definition) is 1. The van der Waals surface area contributed by atoms with E-state index in [0.29, 0.717) is 6.61 Å². The normalized spacial score (nSPS) is 10.8. The summed E-state index contributed by atoms with van der Waals surface area (Å²) in [5.41, 5.74) is 1.18. The van der Waals surface area contributed by atoms with Gasteiger partial charge in [0.1, 0.15) is 6.61 Å². The second kappa shape index (κ2) is 5.09. The summed E-state index contributed by atoms with van der Waals surface area (Å²) < 4.78 is 6.26. The van der Waals surface area contributed by atoms with Crippen molar-refractivity contribution in [2.75, 3.05) is 13.2 Å². The third-order valence-corrected chi connectivity index (χ3v) is 3.16. The highest BCUT2D eigenvalue weighted by Crippen LogP contribution is 2.21. The van der Waals surface area contributed by atoms with Gasteiger partial charge in [0.05, 0.1) is 6.61 Å². The van der Waals surface area contributed by atoms with Gasteiger partial charge in [-0.2, -0.15) is 0 Å². The molecule has 2 aromatic rings. The van der Waals surface area contributed by atoms with Gasteiger partial charge in [-0.3, -0.25) is 0 Å². The Hall–Kier alpha value is -1.39. The smallest absolute Gasteiger partial charge is 0.329 e. The number of benzene rings is 1. The Balaban J connectivity index is 1.91. The molecule has 1 aromatic heterocycles. The fourth-order valence-electron chi connectivity index (χ4n) is 1.50. The first-order valence-electron chi connectivity index (χ1n) is 5.01. The molecule has 16 heavy (non-hydrogen) atoms. The largest absolute Gasteiger partial charge is 0.480 e. The van der Waals surface area contributed by atoms with E-state index < -0.39 is 5.97 Å². The summed E-state index contributed by atoms with van der Waals surface area (Å²) >= 11 is 1.71. The van der Waals surface area contributed by atoms with Crippen LogP contribution in [0.5, 0.6) is 0 Å². The summed E-state index contributed by atoms with van der Waals surface area (Å²) in [5, 5.41) is 11.7. The minimum Gasteiger partial charge on any atom is -0.480 e. The number of aliphatic carboxylic acids is 1. The van der Waals surface area contributed by atoms with Crippen LogP contribution in [-0.2, 0) is 16.0 Å². The Morgan fingerprint density at radius 3 is 3.06 bits per heavy atom. The molecule has 1 aromatic carbocycles. The molecular weight excluding hydrogens is 224 g/mol. The van der Waals surface area contributed by atoms with Crippen molar-refractivity contribution in [2.45, 2.75) is 6.42 Å². The zero-order valence-corrected chi connectivity index (χ0v) is 9.50. The Kier molecular flexibility index (Phi) is 3.54. The summed E-state index contributed by atoms with van der Waals surface area (Å²) in [6, 6.07) is 8.35. The van der Waals surface area contributed by atoms with Crippen LogP contribution in [0.1, 0.15) is 5.56 Å². The van der Waals surface area contributed by atoms with E-state index in [4.69, 9.17) is 9.84 Å². The number of ether oxygens (including phenoxy) is 1. The molecule has 0 saturated carbocycles. The molecule has 0 fully saturated rings. The Morgan fingerprint density at radius 2 is 2.25 bits per heavy atom. The van der Waals surface area contributed by atoms with Crippen LogP contribution in [0.15, 0.2) is 29.6 Å². The lowest BCUT2D eigenvalue weighted by Gasteiger charge is -2.02. The molecule has 0 spiro atoms. The van der Waals surface area contributed by atoms with Gasteiger partial charge in [-0.25, -0.2) is 4.79 Å². The van der Waals surface area contributed by atoms with Crippen molar-refractivity contribution in [3.63, 3.8) is 0 Å². The summed E-state index contributed by atoms with van der Waals surface area (Å²) in [5.74, 6) is -0.922. The second-order valence-electron chi connectivity index (χ2n) is 3.49. The van der Waals surface area contributed by atoms with Crippen molar-refractivity contribution in [3.05, 3.63) is 35.2 Å². The van der Waals surface area contributed by atoms with E-state index in [0.717, 1.165) is 6.42 Å². The molecule has 0 aliphatic heterocycles. The molecule has 0 saturated heterocycles. The first-order valence-corrected chi connectivity index (χ1v) is 5.89. The van der Waals surface area contributed by atoms with E-state index in [9.17, 15) is 4.79 Å². The molecular formula is C12H12O3S. The number of thiophene rings is 1. The molecule has 84 valence electrons. The van der Waals surface area contributed by atoms with Crippen LogP contribution < -0.4 is 0 Å². The molecule has 0 aliphatic rings. The maximum Gasteiger partial charge on any atom is 0.329 e. The fourth-order valence-corrected chi connectivity index (χ4v) is 2.36. The van der Waals surface area contributed by atoms with Crippen LogP contribution in [0, 0.1) is 0 Å². The van der Waals surface area contributed by atoms with Gasteiger partial charge in [-0.1, -0.05) is 12.1 Å². The van der Waals surface area contributed by atoms with Crippen LogP contribution in [0.3, 0.4) is 0 Å². The first-order chi connectivity index (χ1) is 7.75. The highest BCUT2D eigenvalue weighted by atomic mass is 32.1. The second-order valence-corrected chi connectivity index (χ2v) is 4.44. The molecule has 0 radical (unpaired) electrons. The lowest BCUT2D eigenvalue weighted by molar-refractivity contribution is -0.142. The zero-order valence-electron chi connectivity index (χ0n) is 8.68. The van der Waals surface area contributed by atoms with Crippen LogP contribution in [-0.4, -0.2) is 24.3 Å². The number of carbonyl (C=O) groups is 1. The highest BCUT2D eigenvalue weighted by molar-refractivity contribution is 7.17. The molecule has 0 unspecified atom stereocenters. The number of hydrogen-bond acceptors (Lipinski definition) is 3. The number of rotatable bonds is 5. The van der Waals surface area contributed by atoms with Crippen molar-refractivity contribution in [3.8, 4) is 0 Å². The maximum atomic E-state index is 10.2. The molecule has 1 N–H and O–H groups in total. The topological polar surface area (TPSA) is 46.5 Å². The summed E-state index contributed by atoms with van der Waals surface area (Å²) in [7, 11) is 0. The van der Waals surface area contributed by atoms with E-state index in [2.05, 4.69) is 29.6 Å². The molecule has 3 nitrogen and oxygen atoms in total. The molecule has 4 heteroatoms. The standard InChI is InChI=1S/C12H12O3S/c13-12(14)8-15-5-3-9-1-2-10-4-6-16-11(10)7-9/h1-2,4,6-7H,3,5,8H2,(H,13,14).